The minimum atomic E-state index is 0.673. The van der Waals surface area contributed by atoms with Gasteiger partial charge in [-0.2, -0.15) is 0 Å². The predicted molar refractivity (Wildman–Crippen MR) is 67.8 cm³/mol. The Balaban J connectivity index is 1.95. The van der Waals surface area contributed by atoms with Crippen molar-refractivity contribution >= 4 is 5.84 Å². The van der Waals surface area contributed by atoms with Crippen molar-refractivity contribution in [2.24, 2.45) is 4.99 Å². The third kappa shape index (κ3) is 2.13. The van der Waals surface area contributed by atoms with Crippen LogP contribution in [0.5, 0.6) is 5.75 Å². The second-order valence-corrected chi connectivity index (χ2v) is 4.29. The number of fused-ring (bicyclic) bond motifs is 1. The fourth-order valence-corrected chi connectivity index (χ4v) is 2.32. The van der Waals surface area contributed by atoms with Crippen LogP contribution in [-0.2, 0) is 0 Å². The number of rotatable bonds is 0. The summed E-state index contributed by atoms with van der Waals surface area (Å²) in [5.74, 6) is 2.06. The van der Waals surface area contributed by atoms with Crippen molar-refractivity contribution in [3.63, 3.8) is 0 Å². The average molecular weight is 231 g/mol. The molecule has 1 aromatic carbocycles. The van der Waals surface area contributed by atoms with Crippen LogP contribution in [0.1, 0.15) is 5.56 Å². The molecule has 1 N–H and O–H groups in total. The zero-order valence-electron chi connectivity index (χ0n) is 9.85. The second-order valence-electron chi connectivity index (χ2n) is 4.29. The summed E-state index contributed by atoms with van der Waals surface area (Å²) >= 11 is 0. The molecule has 0 aliphatic carbocycles. The fraction of sp³-hybridized carbons (Fsp3) is 0.462. The van der Waals surface area contributed by atoms with E-state index >= 15 is 0 Å². The first kappa shape index (κ1) is 10.6. The Morgan fingerprint density at radius 2 is 2.00 bits per heavy atom. The lowest BCUT2D eigenvalue weighted by Gasteiger charge is -2.30. The highest BCUT2D eigenvalue weighted by Crippen LogP contribution is 2.22. The number of ether oxygens (including phenoxy) is 1. The summed E-state index contributed by atoms with van der Waals surface area (Å²) in [5.41, 5.74) is 1.13. The number of hydrogen-bond donors (Lipinski definition) is 1. The smallest absolute Gasteiger partial charge is 0.134 e. The number of hydrogen-bond acceptors (Lipinski definition) is 4. The Labute approximate surface area is 101 Å². The van der Waals surface area contributed by atoms with Crippen LogP contribution >= 0.6 is 0 Å². The normalized spacial score (nSPS) is 20.0. The number of nitrogens with one attached hydrogen (secondary N) is 1. The molecule has 0 atom stereocenters. The molecule has 0 radical (unpaired) electrons. The van der Waals surface area contributed by atoms with Gasteiger partial charge in [-0.1, -0.05) is 12.1 Å². The van der Waals surface area contributed by atoms with Crippen molar-refractivity contribution in [1.29, 1.82) is 0 Å². The molecule has 1 fully saturated rings. The molecule has 1 saturated heterocycles. The molecule has 3 rings (SSSR count). The van der Waals surface area contributed by atoms with Crippen LogP contribution in [0.15, 0.2) is 29.3 Å². The van der Waals surface area contributed by atoms with Crippen molar-refractivity contribution in [3.8, 4) is 5.75 Å². The Bertz CT molecular complexity index is 424. The van der Waals surface area contributed by atoms with Crippen LogP contribution in [0.25, 0.3) is 0 Å². The predicted octanol–water partition coefficient (Wildman–Crippen LogP) is 0.731. The number of amidine groups is 1. The van der Waals surface area contributed by atoms with E-state index in [9.17, 15) is 0 Å². The standard InChI is InChI=1S/C13H17N3O/c1-2-4-12-11(3-1)13(15-7-10-17-12)16-8-5-14-6-9-16/h1-4,14H,5-10H2. The lowest BCUT2D eigenvalue weighted by Crippen LogP contribution is -2.46. The van der Waals surface area contributed by atoms with Gasteiger partial charge in [0, 0.05) is 26.2 Å². The van der Waals surface area contributed by atoms with E-state index in [-0.39, 0.29) is 0 Å². The molecule has 0 amide bonds. The van der Waals surface area contributed by atoms with Gasteiger partial charge in [0.05, 0.1) is 12.1 Å². The molecule has 0 saturated carbocycles. The van der Waals surface area contributed by atoms with Crippen molar-refractivity contribution in [2.45, 2.75) is 0 Å². The van der Waals surface area contributed by atoms with Gasteiger partial charge in [-0.3, -0.25) is 4.99 Å². The molecule has 2 heterocycles. The topological polar surface area (TPSA) is 36.9 Å². The summed E-state index contributed by atoms with van der Waals surface area (Å²) in [6.45, 7) is 5.52. The van der Waals surface area contributed by atoms with Crippen molar-refractivity contribution in [3.05, 3.63) is 29.8 Å². The highest BCUT2D eigenvalue weighted by Gasteiger charge is 2.20. The third-order valence-corrected chi connectivity index (χ3v) is 3.15. The van der Waals surface area contributed by atoms with E-state index in [1.807, 2.05) is 18.2 Å². The van der Waals surface area contributed by atoms with Gasteiger partial charge in [0.2, 0.25) is 0 Å². The van der Waals surface area contributed by atoms with Crippen molar-refractivity contribution in [1.82, 2.24) is 10.2 Å². The largest absolute Gasteiger partial charge is 0.491 e. The number of piperazine rings is 1. The molecule has 1 aromatic rings. The number of nitrogens with zero attached hydrogens (tertiary/aromatic N) is 2. The van der Waals surface area contributed by atoms with E-state index in [0.717, 1.165) is 49.9 Å². The van der Waals surface area contributed by atoms with Gasteiger partial charge in [0.15, 0.2) is 0 Å². The maximum atomic E-state index is 5.71. The van der Waals surface area contributed by atoms with Gasteiger partial charge in [-0.05, 0) is 12.1 Å². The van der Waals surface area contributed by atoms with E-state index in [1.54, 1.807) is 0 Å². The number of benzene rings is 1. The van der Waals surface area contributed by atoms with E-state index in [2.05, 4.69) is 21.3 Å². The van der Waals surface area contributed by atoms with Crippen LogP contribution in [-0.4, -0.2) is 50.1 Å². The second kappa shape index (κ2) is 4.75. The summed E-state index contributed by atoms with van der Waals surface area (Å²) < 4.78 is 5.71. The van der Waals surface area contributed by atoms with Gasteiger partial charge in [0.1, 0.15) is 18.2 Å². The van der Waals surface area contributed by atoms with Crippen LogP contribution in [0, 0.1) is 0 Å². The Kier molecular flexibility index (Phi) is 2.96. The zero-order chi connectivity index (χ0) is 11.5. The van der Waals surface area contributed by atoms with Crippen molar-refractivity contribution in [2.75, 3.05) is 39.3 Å². The zero-order valence-corrected chi connectivity index (χ0v) is 9.85. The van der Waals surface area contributed by atoms with Gasteiger partial charge < -0.3 is 15.0 Å². The highest BCUT2D eigenvalue weighted by atomic mass is 16.5. The summed E-state index contributed by atoms with van der Waals surface area (Å²) in [6.07, 6.45) is 0. The molecule has 2 aliphatic rings. The minimum Gasteiger partial charge on any atom is -0.491 e. The third-order valence-electron chi connectivity index (χ3n) is 3.15. The van der Waals surface area contributed by atoms with E-state index in [4.69, 9.17) is 4.74 Å². The average Bonchev–Trinajstić information content (AvgIpc) is 2.62. The van der Waals surface area contributed by atoms with Gasteiger partial charge in [0.25, 0.3) is 0 Å². The van der Waals surface area contributed by atoms with Crippen LogP contribution < -0.4 is 10.1 Å². The first-order valence-electron chi connectivity index (χ1n) is 6.17. The molecule has 90 valence electrons. The number of aliphatic imine (C=N–C) groups is 1. The van der Waals surface area contributed by atoms with Crippen molar-refractivity contribution < 1.29 is 4.74 Å². The fourth-order valence-electron chi connectivity index (χ4n) is 2.32. The van der Waals surface area contributed by atoms with Crippen LogP contribution in [0.4, 0.5) is 0 Å². The first-order chi connectivity index (χ1) is 8.45. The van der Waals surface area contributed by atoms with Crippen LogP contribution in [0.2, 0.25) is 0 Å². The summed E-state index contributed by atoms with van der Waals surface area (Å²) in [6, 6.07) is 8.19. The van der Waals surface area contributed by atoms with E-state index in [1.165, 1.54) is 0 Å². The molecule has 17 heavy (non-hydrogen) atoms. The quantitative estimate of drug-likeness (QED) is 0.715. The summed E-state index contributed by atoms with van der Waals surface area (Å²) in [4.78, 5) is 7.03. The number of para-hydroxylation sites is 1. The molecule has 4 heteroatoms. The molecule has 0 aromatic heterocycles. The van der Waals surface area contributed by atoms with Gasteiger partial charge >= 0.3 is 0 Å². The Morgan fingerprint density at radius 1 is 1.18 bits per heavy atom. The SMILES string of the molecule is c1ccc2c(c1)OCCN=C2N1CCNCC1. The first-order valence-corrected chi connectivity index (χ1v) is 6.17. The van der Waals surface area contributed by atoms with E-state index in [0.29, 0.717) is 6.61 Å². The minimum absolute atomic E-state index is 0.673. The highest BCUT2D eigenvalue weighted by molar-refractivity contribution is 6.01. The van der Waals surface area contributed by atoms with Gasteiger partial charge in [-0.25, -0.2) is 0 Å². The maximum absolute atomic E-state index is 5.71. The Hall–Kier alpha value is -1.55. The molecular formula is C13H17N3O. The summed E-state index contributed by atoms with van der Waals surface area (Å²) in [5, 5.41) is 3.37. The molecule has 2 aliphatic heterocycles. The van der Waals surface area contributed by atoms with E-state index < -0.39 is 0 Å². The molecule has 4 nitrogen and oxygen atoms in total. The Morgan fingerprint density at radius 3 is 2.88 bits per heavy atom. The lowest BCUT2D eigenvalue weighted by atomic mass is 10.1. The monoisotopic (exact) mass is 231 g/mol. The molecular weight excluding hydrogens is 214 g/mol. The molecule has 0 unspecified atom stereocenters. The molecule has 0 bridgehead atoms. The lowest BCUT2D eigenvalue weighted by molar-refractivity contribution is 0.331. The molecule has 0 spiro atoms. The maximum Gasteiger partial charge on any atom is 0.134 e. The van der Waals surface area contributed by atoms with Gasteiger partial charge in [-0.15, -0.1) is 0 Å². The van der Waals surface area contributed by atoms with Crippen LogP contribution in [0.3, 0.4) is 0 Å². The summed E-state index contributed by atoms with van der Waals surface area (Å²) in [7, 11) is 0.